The van der Waals surface area contributed by atoms with Gasteiger partial charge in [0.05, 0.1) is 7.11 Å². The maximum atomic E-state index is 13.7. The van der Waals surface area contributed by atoms with Crippen LogP contribution >= 0.6 is 0 Å². The van der Waals surface area contributed by atoms with Crippen molar-refractivity contribution in [2.24, 2.45) is 5.92 Å². The lowest BCUT2D eigenvalue weighted by Gasteiger charge is -2.21. The van der Waals surface area contributed by atoms with Crippen LogP contribution in [-0.2, 0) is 6.42 Å². The Labute approximate surface area is 169 Å². The van der Waals surface area contributed by atoms with Crippen molar-refractivity contribution < 1.29 is 19.0 Å². The first kappa shape index (κ1) is 19.6. The van der Waals surface area contributed by atoms with E-state index in [2.05, 4.69) is 15.2 Å². The van der Waals surface area contributed by atoms with Gasteiger partial charge >= 0.3 is 0 Å². The Morgan fingerprint density at radius 3 is 2.90 bits per heavy atom. The van der Waals surface area contributed by atoms with E-state index in [4.69, 9.17) is 4.74 Å². The van der Waals surface area contributed by atoms with Crippen molar-refractivity contribution >= 4 is 11.6 Å². The quantitative estimate of drug-likeness (QED) is 0.749. The monoisotopic (exact) mass is 399 g/mol. The maximum Gasteiger partial charge on any atom is 0.270 e. The summed E-state index contributed by atoms with van der Waals surface area (Å²) in [7, 11) is 1.56. The number of nitrogens with zero attached hydrogens (tertiary/aromatic N) is 2. The summed E-state index contributed by atoms with van der Waals surface area (Å²) in [6.45, 7) is 1.82. The summed E-state index contributed by atoms with van der Waals surface area (Å²) in [4.78, 5) is 19.3. The first-order valence-corrected chi connectivity index (χ1v) is 9.99. The fourth-order valence-corrected chi connectivity index (χ4v) is 4.01. The summed E-state index contributed by atoms with van der Waals surface area (Å²) < 4.78 is 19.0. The van der Waals surface area contributed by atoms with Crippen LogP contribution in [0.1, 0.15) is 35.3 Å². The molecule has 1 aromatic carbocycles. The summed E-state index contributed by atoms with van der Waals surface area (Å²) in [6.07, 6.45) is 4.78. The van der Waals surface area contributed by atoms with E-state index in [1.165, 1.54) is 12.1 Å². The van der Waals surface area contributed by atoms with Crippen LogP contribution in [0.15, 0.2) is 36.5 Å². The van der Waals surface area contributed by atoms with Crippen LogP contribution in [0.25, 0.3) is 0 Å². The van der Waals surface area contributed by atoms with Crippen LogP contribution < -0.4 is 15.0 Å². The van der Waals surface area contributed by atoms with Gasteiger partial charge in [0, 0.05) is 43.0 Å². The normalized spacial score (nSPS) is 19.8. The van der Waals surface area contributed by atoms with E-state index in [0.717, 1.165) is 43.6 Å². The topological polar surface area (TPSA) is 74.7 Å². The number of anilines is 1. The number of carbonyl (C=O) groups is 1. The number of halogens is 1. The van der Waals surface area contributed by atoms with Crippen molar-refractivity contribution in [2.45, 2.75) is 31.2 Å². The smallest absolute Gasteiger partial charge is 0.270 e. The number of carbonyl (C=O) groups excluding carboxylic acids is 1. The number of rotatable bonds is 7. The lowest BCUT2D eigenvalue weighted by Crippen LogP contribution is -2.39. The molecule has 1 amide bonds. The van der Waals surface area contributed by atoms with E-state index >= 15 is 0 Å². The zero-order valence-electron chi connectivity index (χ0n) is 16.5. The highest BCUT2D eigenvalue weighted by Crippen LogP contribution is 2.41. The number of ether oxygens (including phenoxy) is 1. The summed E-state index contributed by atoms with van der Waals surface area (Å²) in [5.41, 5.74) is 1.68. The molecule has 1 atom stereocenters. The van der Waals surface area contributed by atoms with Crippen LogP contribution in [0.4, 0.5) is 10.1 Å². The lowest BCUT2D eigenvalue weighted by molar-refractivity contribution is 0.0926. The number of methoxy groups -OCH3 is 1. The molecule has 2 aliphatic rings. The molecule has 6 nitrogen and oxygen atoms in total. The molecule has 4 rings (SSSR count). The van der Waals surface area contributed by atoms with Crippen molar-refractivity contribution in [3.05, 3.63) is 53.6 Å². The van der Waals surface area contributed by atoms with Gasteiger partial charge in [-0.05, 0) is 61.6 Å². The van der Waals surface area contributed by atoms with Gasteiger partial charge in [0.1, 0.15) is 17.3 Å². The molecule has 2 heterocycles. The molecule has 0 bridgehead atoms. The van der Waals surface area contributed by atoms with Crippen molar-refractivity contribution in [2.75, 3.05) is 31.7 Å². The minimum Gasteiger partial charge on any atom is -0.496 e. The molecule has 0 radical (unpaired) electrons. The second kappa shape index (κ2) is 7.99. The molecule has 2 fully saturated rings. The molecule has 154 valence electrons. The molecule has 2 N–H and O–H groups in total. The van der Waals surface area contributed by atoms with Gasteiger partial charge in [-0.1, -0.05) is 0 Å². The highest BCUT2D eigenvalue weighted by Gasteiger charge is 2.45. The number of hydrogen-bond donors (Lipinski definition) is 2. The highest BCUT2D eigenvalue weighted by atomic mass is 19.1. The van der Waals surface area contributed by atoms with Crippen molar-refractivity contribution in [3.8, 4) is 5.75 Å². The van der Waals surface area contributed by atoms with E-state index in [1.54, 1.807) is 25.4 Å². The van der Waals surface area contributed by atoms with Crippen LogP contribution in [0.5, 0.6) is 5.75 Å². The number of pyridine rings is 1. The Balaban J connectivity index is 1.46. The summed E-state index contributed by atoms with van der Waals surface area (Å²) in [5.74, 6) is 0.359. The SMILES string of the molecule is COc1ccc(F)cc1CC1(NC(=O)c2cc(N3CCC(CO)C3)ccn2)CC1. The van der Waals surface area contributed by atoms with Crippen molar-refractivity contribution in [1.29, 1.82) is 0 Å². The van der Waals surface area contributed by atoms with E-state index < -0.39 is 0 Å². The van der Waals surface area contributed by atoms with E-state index in [0.29, 0.717) is 17.9 Å². The number of nitrogens with one attached hydrogen (secondary N) is 1. The Bertz CT molecular complexity index is 901. The number of aromatic nitrogens is 1. The summed E-state index contributed by atoms with van der Waals surface area (Å²) in [5, 5.41) is 12.5. The first-order chi connectivity index (χ1) is 14.0. The molecule has 0 spiro atoms. The average molecular weight is 399 g/mol. The van der Waals surface area contributed by atoms with Gasteiger partial charge in [0.2, 0.25) is 0 Å². The maximum absolute atomic E-state index is 13.7. The second-order valence-corrected chi connectivity index (χ2v) is 8.05. The molecule has 1 aromatic heterocycles. The fourth-order valence-electron chi connectivity index (χ4n) is 4.01. The molecular weight excluding hydrogens is 373 g/mol. The minimum atomic E-state index is -0.383. The molecule has 1 saturated heterocycles. The standard InChI is InChI=1S/C22H26FN3O3/c1-29-20-3-2-17(23)10-16(20)12-22(6-7-22)25-21(28)19-11-18(4-8-24-19)26-9-5-15(13-26)14-27/h2-4,8,10-11,15,27H,5-7,9,12-14H2,1H3,(H,25,28). The predicted octanol–water partition coefficient (Wildman–Crippen LogP) is 2.55. The van der Waals surface area contributed by atoms with Crippen molar-refractivity contribution in [3.63, 3.8) is 0 Å². The van der Waals surface area contributed by atoms with E-state index in [1.807, 2.05) is 6.07 Å². The Kier molecular flexibility index (Phi) is 5.41. The Hall–Kier alpha value is -2.67. The number of aliphatic hydroxyl groups excluding tert-OH is 1. The Morgan fingerprint density at radius 2 is 2.21 bits per heavy atom. The van der Waals surface area contributed by atoms with Gasteiger partial charge in [-0.15, -0.1) is 0 Å². The van der Waals surface area contributed by atoms with Gasteiger partial charge in [0.15, 0.2) is 0 Å². The molecule has 2 aromatic rings. The largest absolute Gasteiger partial charge is 0.496 e. The first-order valence-electron chi connectivity index (χ1n) is 9.99. The number of benzene rings is 1. The predicted molar refractivity (Wildman–Crippen MR) is 108 cm³/mol. The van der Waals surface area contributed by atoms with Crippen molar-refractivity contribution in [1.82, 2.24) is 10.3 Å². The average Bonchev–Trinajstić information content (AvgIpc) is 3.29. The molecular formula is C22H26FN3O3. The third kappa shape index (κ3) is 4.34. The van der Waals surface area contributed by atoms with Crippen LogP contribution in [0.3, 0.4) is 0 Å². The van der Waals surface area contributed by atoms with Crippen LogP contribution in [0.2, 0.25) is 0 Å². The molecule has 7 heteroatoms. The molecule has 1 unspecified atom stereocenters. The molecule has 29 heavy (non-hydrogen) atoms. The molecule has 1 aliphatic heterocycles. The third-order valence-corrected chi connectivity index (χ3v) is 5.89. The van der Waals surface area contributed by atoms with Gasteiger partial charge in [-0.2, -0.15) is 0 Å². The number of hydrogen-bond acceptors (Lipinski definition) is 5. The van der Waals surface area contributed by atoms with Crippen LogP contribution in [0, 0.1) is 11.7 Å². The van der Waals surface area contributed by atoms with Crippen LogP contribution in [-0.4, -0.2) is 48.3 Å². The van der Waals surface area contributed by atoms with Gasteiger partial charge < -0.3 is 20.1 Å². The summed E-state index contributed by atoms with van der Waals surface area (Å²) >= 11 is 0. The van der Waals surface area contributed by atoms with Gasteiger partial charge in [0.25, 0.3) is 5.91 Å². The fraction of sp³-hybridized carbons (Fsp3) is 0.455. The van der Waals surface area contributed by atoms with Gasteiger partial charge in [-0.25, -0.2) is 4.39 Å². The minimum absolute atomic E-state index is 0.182. The van der Waals surface area contributed by atoms with Gasteiger partial charge in [-0.3, -0.25) is 9.78 Å². The zero-order valence-corrected chi connectivity index (χ0v) is 16.5. The zero-order chi connectivity index (χ0) is 20.4. The second-order valence-electron chi connectivity index (χ2n) is 8.05. The lowest BCUT2D eigenvalue weighted by atomic mass is 10.0. The van der Waals surface area contributed by atoms with E-state index in [-0.39, 0.29) is 29.8 Å². The number of aliphatic hydroxyl groups is 1. The molecule has 1 aliphatic carbocycles. The third-order valence-electron chi connectivity index (χ3n) is 5.89. The molecule has 1 saturated carbocycles. The number of amides is 1. The highest BCUT2D eigenvalue weighted by molar-refractivity contribution is 5.94. The summed E-state index contributed by atoms with van der Waals surface area (Å²) in [6, 6.07) is 8.14. The van der Waals surface area contributed by atoms with E-state index in [9.17, 15) is 14.3 Å². The Morgan fingerprint density at radius 1 is 1.38 bits per heavy atom.